The standard InChI is InChI=1S/C30H30F2N2O4S/c1-20-23(25-9-8-22(31)19-27(25)32)10-11-28(29(20)26-18-21-6-3-4-7-24(21)30(26)35)38-17-5-12-33-13-15-34(16-14-33)39(2,36)37/h3-4,6-11,18-19H,5,12-17H2,1-2H3. The number of ether oxygens (including phenoxy) is 1. The van der Waals surface area contributed by atoms with E-state index in [9.17, 15) is 22.0 Å². The van der Waals surface area contributed by atoms with Crippen LogP contribution < -0.4 is 4.74 Å². The smallest absolute Gasteiger partial charge is 0.211 e. The molecule has 0 bridgehead atoms. The van der Waals surface area contributed by atoms with Crippen molar-refractivity contribution >= 4 is 27.5 Å². The maximum atomic E-state index is 14.7. The van der Waals surface area contributed by atoms with Crippen LogP contribution in [0.25, 0.3) is 22.8 Å². The van der Waals surface area contributed by atoms with E-state index in [1.807, 2.05) is 31.2 Å². The van der Waals surface area contributed by atoms with Crippen LogP contribution in [0.4, 0.5) is 8.78 Å². The molecule has 1 heterocycles. The Balaban J connectivity index is 1.38. The molecule has 204 valence electrons. The minimum Gasteiger partial charge on any atom is -0.493 e. The maximum absolute atomic E-state index is 14.7. The number of nitrogens with zero attached hydrogens (tertiary/aromatic N) is 2. The highest BCUT2D eigenvalue weighted by molar-refractivity contribution is 7.88. The minimum atomic E-state index is -3.17. The van der Waals surface area contributed by atoms with E-state index in [1.54, 1.807) is 18.2 Å². The van der Waals surface area contributed by atoms with Crippen molar-refractivity contribution in [1.29, 1.82) is 0 Å². The average Bonchev–Trinajstić information content (AvgIpc) is 3.23. The molecule has 1 aliphatic carbocycles. The summed E-state index contributed by atoms with van der Waals surface area (Å²) in [6.07, 6.45) is 3.77. The number of sulfonamides is 1. The molecular formula is C30H30F2N2O4S. The van der Waals surface area contributed by atoms with Gasteiger partial charge in [0.25, 0.3) is 0 Å². The highest BCUT2D eigenvalue weighted by Crippen LogP contribution is 2.41. The first-order chi connectivity index (χ1) is 18.6. The molecule has 6 nitrogen and oxygen atoms in total. The molecule has 1 fully saturated rings. The minimum absolute atomic E-state index is 0.126. The summed E-state index contributed by atoms with van der Waals surface area (Å²) < 4.78 is 59.5. The van der Waals surface area contributed by atoms with Crippen molar-refractivity contribution in [2.24, 2.45) is 0 Å². The fraction of sp³-hybridized carbons (Fsp3) is 0.300. The third-order valence-corrected chi connectivity index (χ3v) is 8.65. The molecule has 0 aromatic heterocycles. The van der Waals surface area contributed by atoms with E-state index in [4.69, 9.17) is 4.74 Å². The first-order valence-corrected chi connectivity index (χ1v) is 14.7. The van der Waals surface area contributed by atoms with Gasteiger partial charge in [-0.15, -0.1) is 0 Å². The third-order valence-electron chi connectivity index (χ3n) is 7.34. The summed E-state index contributed by atoms with van der Waals surface area (Å²) in [6, 6.07) is 14.3. The number of halogens is 2. The molecule has 0 amide bonds. The summed E-state index contributed by atoms with van der Waals surface area (Å²) in [4.78, 5) is 15.6. The maximum Gasteiger partial charge on any atom is 0.211 e. The fourth-order valence-electron chi connectivity index (χ4n) is 5.28. The van der Waals surface area contributed by atoms with Crippen LogP contribution in [0.15, 0.2) is 54.6 Å². The van der Waals surface area contributed by atoms with Crippen molar-refractivity contribution in [3.8, 4) is 16.9 Å². The number of Topliss-reactive ketones (excluding diaryl/α,β-unsaturated/α-hetero) is 1. The predicted molar refractivity (Wildman–Crippen MR) is 148 cm³/mol. The molecule has 39 heavy (non-hydrogen) atoms. The van der Waals surface area contributed by atoms with E-state index in [0.29, 0.717) is 72.8 Å². The second kappa shape index (κ2) is 11.0. The van der Waals surface area contributed by atoms with Crippen LogP contribution in [-0.4, -0.2) is 69.0 Å². The lowest BCUT2D eigenvalue weighted by Crippen LogP contribution is -2.48. The molecule has 0 saturated carbocycles. The van der Waals surface area contributed by atoms with Crippen molar-refractivity contribution in [3.63, 3.8) is 0 Å². The molecule has 1 saturated heterocycles. The Morgan fingerprint density at radius 3 is 2.33 bits per heavy atom. The number of benzene rings is 3. The van der Waals surface area contributed by atoms with Crippen LogP contribution in [0, 0.1) is 18.6 Å². The van der Waals surface area contributed by atoms with E-state index in [-0.39, 0.29) is 11.3 Å². The van der Waals surface area contributed by atoms with Gasteiger partial charge in [0.05, 0.1) is 12.9 Å². The lowest BCUT2D eigenvalue weighted by Gasteiger charge is -2.33. The molecule has 0 N–H and O–H groups in total. The van der Waals surface area contributed by atoms with Crippen molar-refractivity contribution in [3.05, 3.63) is 88.5 Å². The van der Waals surface area contributed by atoms with Gasteiger partial charge in [0.2, 0.25) is 10.0 Å². The fourth-order valence-corrected chi connectivity index (χ4v) is 6.10. The third kappa shape index (κ3) is 5.66. The number of carbonyl (C=O) groups excluding carboxylic acids is 1. The zero-order valence-corrected chi connectivity index (χ0v) is 22.7. The zero-order valence-electron chi connectivity index (χ0n) is 21.9. The van der Waals surface area contributed by atoms with Crippen LogP contribution in [-0.2, 0) is 10.0 Å². The number of piperazine rings is 1. The Bertz CT molecular complexity index is 1560. The summed E-state index contributed by atoms with van der Waals surface area (Å²) in [7, 11) is -3.17. The van der Waals surface area contributed by atoms with Crippen molar-refractivity contribution in [2.45, 2.75) is 13.3 Å². The van der Waals surface area contributed by atoms with Crippen LogP contribution >= 0.6 is 0 Å². The second-order valence-electron chi connectivity index (χ2n) is 9.92. The van der Waals surface area contributed by atoms with Crippen molar-refractivity contribution in [2.75, 3.05) is 45.6 Å². The van der Waals surface area contributed by atoms with Gasteiger partial charge >= 0.3 is 0 Å². The van der Waals surface area contributed by atoms with Crippen LogP contribution in [0.3, 0.4) is 0 Å². The molecule has 5 rings (SSSR count). The van der Waals surface area contributed by atoms with Gasteiger partial charge in [0.15, 0.2) is 5.78 Å². The predicted octanol–water partition coefficient (Wildman–Crippen LogP) is 5.02. The highest BCUT2D eigenvalue weighted by atomic mass is 32.2. The Labute approximate surface area is 227 Å². The molecule has 3 aromatic rings. The van der Waals surface area contributed by atoms with Gasteiger partial charge in [-0.3, -0.25) is 4.79 Å². The van der Waals surface area contributed by atoms with E-state index >= 15 is 0 Å². The van der Waals surface area contributed by atoms with E-state index in [0.717, 1.165) is 18.2 Å². The quantitative estimate of drug-likeness (QED) is 0.367. The molecule has 0 radical (unpaired) electrons. The number of allylic oxidation sites excluding steroid dienone is 1. The monoisotopic (exact) mass is 552 g/mol. The summed E-state index contributed by atoms with van der Waals surface area (Å²) in [5.41, 5.74) is 3.96. The van der Waals surface area contributed by atoms with Crippen LogP contribution in [0.2, 0.25) is 0 Å². The molecule has 0 atom stereocenters. The Kier molecular flexibility index (Phi) is 7.66. The Morgan fingerprint density at radius 1 is 0.923 bits per heavy atom. The summed E-state index contributed by atoms with van der Waals surface area (Å²) >= 11 is 0. The molecule has 0 spiro atoms. The number of carbonyl (C=O) groups is 1. The topological polar surface area (TPSA) is 66.9 Å². The first-order valence-electron chi connectivity index (χ1n) is 12.9. The van der Waals surface area contributed by atoms with Crippen molar-refractivity contribution in [1.82, 2.24) is 9.21 Å². The number of hydrogen-bond donors (Lipinski definition) is 0. The average molecular weight is 553 g/mol. The van der Waals surface area contributed by atoms with Crippen LogP contribution in [0.1, 0.15) is 33.5 Å². The van der Waals surface area contributed by atoms with Gasteiger partial charge < -0.3 is 9.64 Å². The van der Waals surface area contributed by atoms with Gasteiger partial charge in [-0.1, -0.05) is 30.3 Å². The van der Waals surface area contributed by atoms with Crippen molar-refractivity contribution < 1.29 is 26.7 Å². The van der Waals surface area contributed by atoms with E-state index in [1.165, 1.54) is 22.7 Å². The Morgan fingerprint density at radius 2 is 1.64 bits per heavy atom. The highest BCUT2D eigenvalue weighted by Gasteiger charge is 2.28. The lowest BCUT2D eigenvalue weighted by molar-refractivity contribution is 0.105. The first kappa shape index (κ1) is 27.2. The molecule has 3 aromatic carbocycles. The van der Waals surface area contributed by atoms with Gasteiger partial charge in [0.1, 0.15) is 17.4 Å². The zero-order chi connectivity index (χ0) is 27.7. The number of hydrogen-bond acceptors (Lipinski definition) is 5. The van der Waals surface area contributed by atoms with Gasteiger partial charge in [-0.05, 0) is 54.3 Å². The molecule has 1 aliphatic heterocycles. The molecule has 0 unspecified atom stereocenters. The SMILES string of the molecule is Cc1c(-c2ccc(F)cc2F)ccc(OCCCN2CCN(S(C)(=O)=O)CC2)c1C1=Cc2ccccc2C1=O. The molecular weight excluding hydrogens is 522 g/mol. The lowest BCUT2D eigenvalue weighted by atomic mass is 9.90. The molecule has 2 aliphatic rings. The number of rotatable bonds is 8. The van der Waals surface area contributed by atoms with E-state index in [2.05, 4.69) is 4.90 Å². The number of ketones is 1. The van der Waals surface area contributed by atoms with Crippen LogP contribution in [0.5, 0.6) is 5.75 Å². The Hall–Kier alpha value is -3.40. The van der Waals surface area contributed by atoms with E-state index < -0.39 is 21.7 Å². The normalized spacial score (nSPS) is 16.3. The van der Waals surface area contributed by atoms with Gasteiger partial charge in [-0.2, -0.15) is 4.31 Å². The summed E-state index contributed by atoms with van der Waals surface area (Å²) in [5, 5.41) is 0. The largest absolute Gasteiger partial charge is 0.493 e. The summed E-state index contributed by atoms with van der Waals surface area (Å²) in [6.45, 7) is 5.22. The van der Waals surface area contributed by atoms with Gasteiger partial charge in [0, 0.05) is 61.1 Å². The molecule has 9 heteroatoms. The van der Waals surface area contributed by atoms with Gasteiger partial charge in [-0.25, -0.2) is 17.2 Å². The number of fused-ring (bicyclic) bond motifs is 1. The summed E-state index contributed by atoms with van der Waals surface area (Å²) in [5.74, 6) is -0.938. The second-order valence-corrected chi connectivity index (χ2v) is 11.9.